The van der Waals surface area contributed by atoms with E-state index in [2.05, 4.69) is 11.3 Å². The number of hydrogen-bond acceptors (Lipinski definition) is 1. The van der Waals surface area contributed by atoms with Gasteiger partial charge in [0.1, 0.15) is 6.61 Å². The largest absolute Gasteiger partial charge is 0.467 e. The van der Waals surface area contributed by atoms with Crippen LogP contribution in [0.5, 0.6) is 0 Å². The van der Waals surface area contributed by atoms with Gasteiger partial charge in [0.2, 0.25) is 0 Å². The summed E-state index contributed by atoms with van der Waals surface area (Å²) in [6.07, 6.45) is -4.09. The molecule has 0 heterocycles. The van der Waals surface area contributed by atoms with E-state index in [9.17, 15) is 17.6 Å². The average molecular weight is 170 g/mol. The van der Waals surface area contributed by atoms with Crippen molar-refractivity contribution < 1.29 is 22.3 Å². The Morgan fingerprint density at radius 2 is 2.00 bits per heavy atom. The Morgan fingerprint density at radius 1 is 1.45 bits per heavy atom. The topological polar surface area (TPSA) is 9.23 Å². The van der Waals surface area contributed by atoms with E-state index in [4.69, 9.17) is 0 Å². The molecule has 0 N–H and O–H groups in total. The molecule has 0 amide bonds. The lowest BCUT2D eigenvalue weighted by Gasteiger charge is -2.00. The molecule has 0 atom stereocenters. The van der Waals surface area contributed by atoms with Crippen molar-refractivity contribution in [2.75, 3.05) is 6.61 Å². The van der Waals surface area contributed by atoms with Crippen LogP contribution in [0, 0.1) is 0 Å². The Morgan fingerprint density at radius 3 is 2.36 bits per heavy atom. The van der Waals surface area contributed by atoms with Crippen LogP contribution in [0.25, 0.3) is 0 Å². The number of hydrogen-bond donors (Lipinski definition) is 0. The van der Waals surface area contributed by atoms with Crippen LogP contribution in [0.1, 0.15) is 0 Å². The second kappa shape index (κ2) is 4.00. The first kappa shape index (κ1) is 10.0. The lowest BCUT2D eigenvalue weighted by molar-refractivity contribution is -0.0848. The SMILES string of the molecule is C=CCO/C(F)=C\C(F)(F)F. The molecule has 1 nitrogen and oxygen atoms in total. The van der Waals surface area contributed by atoms with E-state index in [1.54, 1.807) is 0 Å². The summed E-state index contributed by atoms with van der Waals surface area (Å²) in [5, 5.41) is 0. The Hall–Kier alpha value is -1.00. The van der Waals surface area contributed by atoms with E-state index in [1.165, 1.54) is 0 Å². The summed E-state index contributed by atoms with van der Waals surface area (Å²) in [6, 6.07) is -1.66. The summed E-state index contributed by atoms with van der Waals surface area (Å²) in [5.74, 6) is 0. The highest BCUT2D eigenvalue weighted by Gasteiger charge is 2.25. The summed E-state index contributed by atoms with van der Waals surface area (Å²) in [6.45, 7) is 2.85. The fourth-order valence-corrected chi connectivity index (χ4v) is 0.309. The maximum absolute atomic E-state index is 12.0. The third-order valence-electron chi connectivity index (χ3n) is 0.616. The fraction of sp³-hybridized carbons (Fsp3) is 0.333. The van der Waals surface area contributed by atoms with E-state index in [1.807, 2.05) is 0 Å². The van der Waals surface area contributed by atoms with Gasteiger partial charge in [-0.25, -0.2) is 0 Å². The number of rotatable bonds is 3. The van der Waals surface area contributed by atoms with Crippen molar-refractivity contribution in [3.05, 3.63) is 24.7 Å². The molecule has 5 heteroatoms. The van der Waals surface area contributed by atoms with Crippen molar-refractivity contribution in [2.24, 2.45) is 0 Å². The van der Waals surface area contributed by atoms with Crippen molar-refractivity contribution in [1.29, 1.82) is 0 Å². The molecule has 0 aliphatic rings. The summed E-state index contributed by atoms with van der Waals surface area (Å²) >= 11 is 0. The molecule has 0 aromatic carbocycles. The Kier molecular flexibility index (Phi) is 3.64. The van der Waals surface area contributed by atoms with Gasteiger partial charge < -0.3 is 4.74 Å². The Bertz CT molecular complexity index is 158. The molecular weight excluding hydrogens is 164 g/mol. The van der Waals surface area contributed by atoms with Crippen molar-refractivity contribution in [1.82, 2.24) is 0 Å². The Balaban J connectivity index is 3.90. The minimum absolute atomic E-state index is 0.279. The van der Waals surface area contributed by atoms with Gasteiger partial charge in [-0.1, -0.05) is 12.7 Å². The Labute approximate surface area is 61.0 Å². The monoisotopic (exact) mass is 170 g/mol. The van der Waals surface area contributed by atoms with Crippen molar-refractivity contribution in [2.45, 2.75) is 6.18 Å². The van der Waals surface area contributed by atoms with E-state index >= 15 is 0 Å². The van der Waals surface area contributed by atoms with Crippen LogP contribution < -0.4 is 0 Å². The van der Waals surface area contributed by atoms with E-state index < -0.39 is 18.3 Å². The zero-order chi connectivity index (χ0) is 8.91. The highest BCUT2D eigenvalue weighted by Crippen LogP contribution is 2.19. The first-order valence-corrected chi connectivity index (χ1v) is 2.64. The molecule has 0 saturated carbocycles. The predicted octanol–water partition coefficient (Wildman–Crippen LogP) is 2.56. The van der Waals surface area contributed by atoms with E-state index in [0.717, 1.165) is 6.08 Å². The predicted molar refractivity (Wildman–Crippen MR) is 31.4 cm³/mol. The number of allylic oxidation sites excluding steroid dienone is 1. The van der Waals surface area contributed by atoms with Crippen LogP contribution in [0.15, 0.2) is 24.7 Å². The highest BCUT2D eigenvalue weighted by molar-refractivity contribution is 4.90. The molecular formula is C6H6F4O. The summed E-state index contributed by atoms with van der Waals surface area (Å²) in [7, 11) is 0. The fourth-order valence-electron chi connectivity index (χ4n) is 0.309. The molecule has 0 radical (unpaired) electrons. The van der Waals surface area contributed by atoms with Crippen molar-refractivity contribution >= 4 is 0 Å². The quantitative estimate of drug-likeness (QED) is 0.359. The highest BCUT2D eigenvalue weighted by atomic mass is 19.4. The molecule has 11 heavy (non-hydrogen) atoms. The van der Waals surface area contributed by atoms with E-state index in [-0.39, 0.29) is 6.61 Å². The van der Waals surface area contributed by atoms with Crippen molar-refractivity contribution in [3.63, 3.8) is 0 Å². The van der Waals surface area contributed by atoms with Crippen LogP contribution in [0.4, 0.5) is 17.6 Å². The molecule has 0 unspecified atom stereocenters. The van der Waals surface area contributed by atoms with Crippen LogP contribution in [0.3, 0.4) is 0 Å². The average Bonchev–Trinajstić information content (AvgIpc) is 1.79. The van der Waals surface area contributed by atoms with Crippen LogP contribution in [0.2, 0.25) is 0 Å². The zero-order valence-electron chi connectivity index (χ0n) is 5.49. The van der Waals surface area contributed by atoms with Crippen LogP contribution in [-0.4, -0.2) is 12.8 Å². The zero-order valence-corrected chi connectivity index (χ0v) is 5.49. The van der Waals surface area contributed by atoms with Gasteiger partial charge >= 0.3 is 6.18 Å². The summed E-state index contributed by atoms with van der Waals surface area (Å²) in [5.41, 5.74) is 0. The van der Waals surface area contributed by atoms with Gasteiger partial charge in [0.15, 0.2) is 0 Å². The van der Waals surface area contributed by atoms with Gasteiger partial charge in [-0.05, 0) is 0 Å². The van der Waals surface area contributed by atoms with Gasteiger partial charge in [-0.15, -0.1) is 0 Å². The molecule has 0 aliphatic heterocycles. The van der Waals surface area contributed by atoms with Gasteiger partial charge in [0, 0.05) is 0 Å². The summed E-state index contributed by atoms with van der Waals surface area (Å²) < 4.78 is 49.8. The van der Waals surface area contributed by atoms with Gasteiger partial charge in [-0.2, -0.15) is 17.6 Å². The maximum atomic E-state index is 12.0. The van der Waals surface area contributed by atoms with Crippen LogP contribution in [-0.2, 0) is 4.74 Å². The lowest BCUT2D eigenvalue weighted by Crippen LogP contribution is -2.03. The maximum Gasteiger partial charge on any atom is 0.415 e. The first-order chi connectivity index (χ1) is 4.95. The molecule has 0 spiro atoms. The second-order valence-electron chi connectivity index (χ2n) is 1.59. The minimum Gasteiger partial charge on any atom is -0.467 e. The van der Waals surface area contributed by atoms with E-state index in [0.29, 0.717) is 0 Å². The van der Waals surface area contributed by atoms with Gasteiger partial charge in [-0.3, -0.25) is 0 Å². The second-order valence-corrected chi connectivity index (χ2v) is 1.59. The number of halogens is 4. The molecule has 0 aliphatic carbocycles. The van der Waals surface area contributed by atoms with Crippen LogP contribution >= 0.6 is 0 Å². The molecule has 0 aromatic rings. The molecule has 0 bridgehead atoms. The summed E-state index contributed by atoms with van der Waals surface area (Å²) in [4.78, 5) is 0. The molecule has 0 aromatic heterocycles. The molecule has 64 valence electrons. The standard InChI is InChI=1S/C6H6F4O/c1-2-3-11-5(7)4-6(8,9)10/h2,4H,1,3H2/b5-4-. The smallest absolute Gasteiger partial charge is 0.415 e. The third-order valence-corrected chi connectivity index (χ3v) is 0.616. The van der Waals surface area contributed by atoms with Gasteiger partial charge in [0.05, 0.1) is 6.08 Å². The van der Waals surface area contributed by atoms with Gasteiger partial charge in [0.25, 0.3) is 6.01 Å². The lowest BCUT2D eigenvalue weighted by atomic mass is 10.6. The number of ether oxygens (including phenoxy) is 1. The first-order valence-electron chi connectivity index (χ1n) is 2.64. The van der Waals surface area contributed by atoms with Crippen molar-refractivity contribution in [3.8, 4) is 0 Å². The molecule has 0 fully saturated rings. The normalized spacial score (nSPS) is 12.9. The number of alkyl halides is 3. The minimum atomic E-state index is -4.68. The molecule has 0 rings (SSSR count). The third kappa shape index (κ3) is 6.89. The molecule has 0 saturated heterocycles.